The first-order valence-corrected chi connectivity index (χ1v) is 6.90. The summed E-state index contributed by atoms with van der Waals surface area (Å²) in [4.78, 5) is 23.3. The molecule has 1 unspecified atom stereocenters. The molecule has 1 aliphatic carbocycles. The van der Waals surface area contributed by atoms with Crippen LogP contribution in [0.1, 0.15) is 19.3 Å². The Kier molecular flexibility index (Phi) is 4.33. The van der Waals surface area contributed by atoms with Crippen LogP contribution >= 0.6 is 11.3 Å². The van der Waals surface area contributed by atoms with Gasteiger partial charge in [0, 0.05) is 18.0 Å². The average molecular weight is 268 g/mol. The fourth-order valence-corrected chi connectivity index (χ4v) is 2.41. The van der Waals surface area contributed by atoms with Gasteiger partial charge in [-0.25, -0.2) is 0 Å². The van der Waals surface area contributed by atoms with E-state index >= 15 is 0 Å². The molecule has 5 nitrogen and oxygen atoms in total. The zero-order valence-corrected chi connectivity index (χ0v) is 10.7. The average Bonchev–Trinajstić information content (AvgIpc) is 3.07. The number of hydrogen-bond donors (Lipinski definition) is 3. The number of rotatable bonds is 5. The first kappa shape index (κ1) is 13.0. The van der Waals surface area contributed by atoms with Gasteiger partial charge in [0.2, 0.25) is 0 Å². The second-order valence-electron chi connectivity index (χ2n) is 4.40. The van der Waals surface area contributed by atoms with Crippen molar-refractivity contribution in [2.75, 3.05) is 11.9 Å². The molecule has 1 fully saturated rings. The normalized spacial score (nSPS) is 16.1. The molecule has 2 rings (SSSR count). The van der Waals surface area contributed by atoms with E-state index in [4.69, 9.17) is 5.11 Å². The second kappa shape index (κ2) is 5.97. The largest absolute Gasteiger partial charge is 0.396 e. The van der Waals surface area contributed by atoms with E-state index in [1.807, 2.05) is 5.38 Å². The van der Waals surface area contributed by atoms with E-state index < -0.39 is 11.8 Å². The number of aliphatic hydroxyl groups excluding tert-OH is 1. The number of anilines is 1. The lowest BCUT2D eigenvalue weighted by atomic mass is 10.1. The van der Waals surface area contributed by atoms with Crippen LogP contribution in [0.3, 0.4) is 0 Å². The molecule has 6 heteroatoms. The van der Waals surface area contributed by atoms with Crippen LogP contribution in [0.2, 0.25) is 0 Å². The monoisotopic (exact) mass is 268 g/mol. The molecule has 0 aliphatic heterocycles. The van der Waals surface area contributed by atoms with E-state index in [1.54, 1.807) is 11.4 Å². The summed E-state index contributed by atoms with van der Waals surface area (Å²) < 4.78 is 0. The molecule has 1 atom stereocenters. The van der Waals surface area contributed by atoms with E-state index in [1.165, 1.54) is 11.3 Å². The van der Waals surface area contributed by atoms with Crippen LogP contribution in [0.5, 0.6) is 0 Å². The van der Waals surface area contributed by atoms with Crippen molar-refractivity contribution in [1.29, 1.82) is 0 Å². The molecule has 2 amide bonds. The smallest absolute Gasteiger partial charge is 0.313 e. The molecule has 1 aromatic rings. The van der Waals surface area contributed by atoms with E-state index in [0.717, 1.165) is 12.8 Å². The van der Waals surface area contributed by atoms with Crippen LogP contribution in [0.15, 0.2) is 16.8 Å². The SMILES string of the molecule is O=C(Nc1ccsc1)C(=O)NC(CCO)C1CC1. The second-order valence-corrected chi connectivity index (χ2v) is 5.18. The molecule has 1 heterocycles. The first-order chi connectivity index (χ1) is 8.70. The Morgan fingerprint density at radius 1 is 1.44 bits per heavy atom. The molecular weight excluding hydrogens is 252 g/mol. The van der Waals surface area contributed by atoms with Crippen molar-refractivity contribution >= 4 is 28.8 Å². The number of amides is 2. The van der Waals surface area contributed by atoms with Gasteiger partial charge >= 0.3 is 11.8 Å². The Morgan fingerprint density at radius 3 is 2.78 bits per heavy atom. The minimum atomic E-state index is -0.656. The number of carbonyl (C=O) groups is 2. The number of aliphatic hydroxyl groups is 1. The standard InChI is InChI=1S/C12H16N2O3S/c15-5-3-10(8-1-2-8)14-12(17)11(16)13-9-4-6-18-7-9/h4,6-8,10,15H,1-3,5H2,(H,13,16)(H,14,17). The molecule has 1 saturated carbocycles. The maximum absolute atomic E-state index is 11.7. The zero-order valence-electron chi connectivity index (χ0n) is 9.89. The number of thiophene rings is 1. The van der Waals surface area contributed by atoms with E-state index in [2.05, 4.69) is 10.6 Å². The van der Waals surface area contributed by atoms with Crippen LogP contribution in [0.25, 0.3) is 0 Å². The summed E-state index contributed by atoms with van der Waals surface area (Å²) in [5.74, 6) is -0.876. The van der Waals surface area contributed by atoms with Crippen LogP contribution in [-0.2, 0) is 9.59 Å². The molecule has 18 heavy (non-hydrogen) atoms. The van der Waals surface area contributed by atoms with Crippen LogP contribution in [0.4, 0.5) is 5.69 Å². The molecule has 3 N–H and O–H groups in total. The van der Waals surface area contributed by atoms with Crippen molar-refractivity contribution in [3.63, 3.8) is 0 Å². The van der Waals surface area contributed by atoms with Crippen molar-refractivity contribution in [2.45, 2.75) is 25.3 Å². The maximum atomic E-state index is 11.7. The topological polar surface area (TPSA) is 78.4 Å². The minimum absolute atomic E-state index is 0.0214. The van der Waals surface area contributed by atoms with Crippen LogP contribution < -0.4 is 10.6 Å². The van der Waals surface area contributed by atoms with Crippen molar-refractivity contribution in [1.82, 2.24) is 5.32 Å². The molecule has 0 saturated heterocycles. The molecule has 0 bridgehead atoms. The molecule has 1 aromatic heterocycles. The molecule has 0 radical (unpaired) electrons. The third-order valence-corrected chi connectivity index (χ3v) is 3.62. The highest BCUT2D eigenvalue weighted by molar-refractivity contribution is 7.08. The van der Waals surface area contributed by atoms with Gasteiger partial charge in [-0.3, -0.25) is 9.59 Å². The van der Waals surface area contributed by atoms with Crippen molar-refractivity contribution < 1.29 is 14.7 Å². The minimum Gasteiger partial charge on any atom is -0.396 e. The van der Waals surface area contributed by atoms with E-state index in [0.29, 0.717) is 18.0 Å². The van der Waals surface area contributed by atoms with Crippen molar-refractivity contribution in [3.05, 3.63) is 16.8 Å². The van der Waals surface area contributed by atoms with E-state index in [-0.39, 0.29) is 12.6 Å². The predicted octanol–water partition coefficient (Wildman–Crippen LogP) is 0.964. The van der Waals surface area contributed by atoms with E-state index in [9.17, 15) is 9.59 Å². The summed E-state index contributed by atoms with van der Waals surface area (Å²) in [6.45, 7) is 0.0214. The number of nitrogens with one attached hydrogen (secondary N) is 2. The Labute approximate surface area is 109 Å². The van der Waals surface area contributed by atoms with Crippen LogP contribution in [0, 0.1) is 5.92 Å². The van der Waals surface area contributed by atoms with Crippen molar-refractivity contribution in [3.8, 4) is 0 Å². The summed E-state index contributed by atoms with van der Waals surface area (Å²) in [5, 5.41) is 17.7. The molecular formula is C12H16N2O3S. The third-order valence-electron chi connectivity index (χ3n) is 2.93. The van der Waals surface area contributed by atoms with Gasteiger partial charge in [0.1, 0.15) is 0 Å². The van der Waals surface area contributed by atoms with Gasteiger partial charge in [0.25, 0.3) is 0 Å². The van der Waals surface area contributed by atoms with Gasteiger partial charge in [0.05, 0.1) is 5.69 Å². The first-order valence-electron chi connectivity index (χ1n) is 5.95. The Morgan fingerprint density at radius 2 is 2.22 bits per heavy atom. The zero-order chi connectivity index (χ0) is 13.0. The Bertz CT molecular complexity index is 415. The van der Waals surface area contributed by atoms with Crippen molar-refractivity contribution in [2.24, 2.45) is 5.92 Å². The van der Waals surface area contributed by atoms with Gasteiger partial charge in [-0.1, -0.05) is 0 Å². The quantitative estimate of drug-likeness (QED) is 0.696. The molecule has 98 valence electrons. The summed E-state index contributed by atoms with van der Waals surface area (Å²) in [6.07, 6.45) is 2.61. The summed E-state index contributed by atoms with van der Waals surface area (Å²) in [5.41, 5.74) is 0.630. The lowest BCUT2D eigenvalue weighted by molar-refractivity contribution is -0.136. The van der Waals surface area contributed by atoms with Gasteiger partial charge in [-0.2, -0.15) is 11.3 Å². The lowest BCUT2D eigenvalue weighted by Crippen LogP contribution is -2.43. The number of hydrogen-bond acceptors (Lipinski definition) is 4. The highest BCUT2D eigenvalue weighted by Crippen LogP contribution is 2.33. The highest BCUT2D eigenvalue weighted by Gasteiger charge is 2.32. The molecule has 0 aromatic carbocycles. The van der Waals surface area contributed by atoms with Gasteiger partial charge in [-0.15, -0.1) is 0 Å². The summed E-state index contributed by atoms with van der Waals surface area (Å²) >= 11 is 1.45. The highest BCUT2D eigenvalue weighted by atomic mass is 32.1. The summed E-state index contributed by atoms with van der Waals surface area (Å²) in [7, 11) is 0. The Hall–Kier alpha value is -1.40. The fourth-order valence-electron chi connectivity index (χ4n) is 1.82. The molecule has 0 spiro atoms. The third kappa shape index (κ3) is 3.54. The fraction of sp³-hybridized carbons (Fsp3) is 0.500. The molecule has 1 aliphatic rings. The van der Waals surface area contributed by atoms with Gasteiger partial charge in [0.15, 0.2) is 0 Å². The van der Waals surface area contributed by atoms with Crippen LogP contribution in [-0.4, -0.2) is 29.6 Å². The maximum Gasteiger partial charge on any atom is 0.313 e. The lowest BCUT2D eigenvalue weighted by Gasteiger charge is -2.16. The number of carbonyl (C=O) groups excluding carboxylic acids is 2. The predicted molar refractivity (Wildman–Crippen MR) is 69.3 cm³/mol. The Balaban J connectivity index is 1.84. The van der Waals surface area contributed by atoms with Gasteiger partial charge < -0.3 is 15.7 Å². The van der Waals surface area contributed by atoms with Gasteiger partial charge in [-0.05, 0) is 36.6 Å². The summed E-state index contributed by atoms with van der Waals surface area (Å²) in [6, 6.07) is 1.65.